The van der Waals surface area contributed by atoms with Crippen LogP contribution in [0.25, 0.3) is 0 Å². The Balaban J connectivity index is 4.90. The van der Waals surface area contributed by atoms with E-state index in [-0.39, 0.29) is 6.61 Å². The molecule has 0 saturated heterocycles. The number of esters is 1. The van der Waals surface area contributed by atoms with Gasteiger partial charge in [-0.25, -0.2) is 9.59 Å². The van der Waals surface area contributed by atoms with E-state index < -0.39 is 37.1 Å². The molecule has 0 rings (SSSR count). The van der Waals surface area contributed by atoms with Gasteiger partial charge in [0, 0.05) is 12.2 Å². The fraction of sp³-hybridized carbons (Fsp3) is 0.765. The van der Waals surface area contributed by atoms with E-state index in [1.165, 1.54) is 0 Å². The van der Waals surface area contributed by atoms with Gasteiger partial charge in [0.15, 0.2) is 16.6 Å². The van der Waals surface area contributed by atoms with Crippen LogP contribution in [0.4, 0.5) is 0 Å². The predicted octanol–water partition coefficient (Wildman–Crippen LogP) is 4.36. The van der Waals surface area contributed by atoms with Crippen LogP contribution in [0.5, 0.6) is 0 Å². The molecule has 0 aliphatic rings. The maximum Gasteiger partial charge on any atom is 0.331 e. The Bertz CT molecular complexity index is 509. The molecule has 1 unspecified atom stereocenters. The average molecular weight is 421 g/mol. The van der Waals surface area contributed by atoms with Crippen molar-refractivity contribution < 1.29 is 27.7 Å². The molecule has 9 heteroatoms. The third-order valence-electron chi connectivity index (χ3n) is 3.79. The van der Waals surface area contributed by atoms with Crippen LogP contribution in [0.15, 0.2) is 12.2 Å². The first-order valence-corrected chi connectivity index (χ1v) is 18.2. The highest BCUT2D eigenvalue weighted by atomic mass is 28.5. The number of ether oxygens (including phenoxy) is 1. The normalized spacial score (nSPS) is 14.7. The van der Waals surface area contributed by atoms with Crippen molar-refractivity contribution in [2.45, 2.75) is 71.6 Å². The van der Waals surface area contributed by atoms with Crippen LogP contribution in [0, 0.1) is 5.92 Å². The number of hydrogen-bond donors (Lipinski definition) is 1. The van der Waals surface area contributed by atoms with Gasteiger partial charge < -0.3 is 18.1 Å². The van der Waals surface area contributed by atoms with Gasteiger partial charge >= 0.3 is 20.5 Å². The number of carboxylic acid groups (broad SMARTS) is 1. The molecule has 0 bridgehead atoms. The van der Waals surface area contributed by atoms with E-state index in [2.05, 4.69) is 59.7 Å². The SMILES string of the molecule is CC(C)C(CCOC(=O)/C=C/C(=O)O)[Si](C)(C)O[Si](C)(C)O[Si](C)(C)C. The maximum absolute atomic E-state index is 11.5. The van der Waals surface area contributed by atoms with Gasteiger partial charge in [-0.15, -0.1) is 0 Å². The molecule has 0 fully saturated rings. The average Bonchev–Trinajstić information content (AvgIpc) is 2.36. The first-order valence-electron chi connectivity index (χ1n) is 9.04. The quantitative estimate of drug-likeness (QED) is 0.304. The number of rotatable bonds is 11. The van der Waals surface area contributed by atoms with E-state index in [0.29, 0.717) is 17.9 Å². The van der Waals surface area contributed by atoms with Crippen molar-refractivity contribution in [2.75, 3.05) is 6.61 Å². The summed E-state index contributed by atoms with van der Waals surface area (Å²) in [6.07, 6.45) is 2.41. The Morgan fingerprint density at radius 2 is 1.50 bits per heavy atom. The predicted molar refractivity (Wildman–Crippen MR) is 111 cm³/mol. The molecule has 0 saturated carbocycles. The first-order chi connectivity index (χ1) is 11.6. The molecule has 26 heavy (non-hydrogen) atoms. The van der Waals surface area contributed by atoms with Crippen molar-refractivity contribution in [1.82, 2.24) is 0 Å². The summed E-state index contributed by atoms with van der Waals surface area (Å²) >= 11 is 0. The highest BCUT2D eigenvalue weighted by Gasteiger charge is 2.43. The lowest BCUT2D eigenvalue weighted by Gasteiger charge is -2.42. The van der Waals surface area contributed by atoms with Gasteiger partial charge in [-0.05, 0) is 63.7 Å². The molecule has 0 aromatic carbocycles. The third kappa shape index (κ3) is 11.1. The smallest absolute Gasteiger partial charge is 0.331 e. The molecule has 1 atom stereocenters. The minimum absolute atomic E-state index is 0.252. The van der Waals surface area contributed by atoms with Crippen molar-refractivity contribution in [3.05, 3.63) is 12.2 Å². The third-order valence-corrected chi connectivity index (χ3v) is 15.0. The van der Waals surface area contributed by atoms with Gasteiger partial charge in [-0.1, -0.05) is 13.8 Å². The fourth-order valence-corrected chi connectivity index (χ4v) is 18.0. The summed E-state index contributed by atoms with van der Waals surface area (Å²) in [7, 11) is -5.99. The lowest BCUT2D eigenvalue weighted by molar-refractivity contribution is -0.138. The first kappa shape index (κ1) is 25.3. The van der Waals surface area contributed by atoms with Gasteiger partial charge in [0.1, 0.15) is 0 Å². The summed E-state index contributed by atoms with van der Waals surface area (Å²) in [5.74, 6) is -1.41. The molecule has 0 aliphatic carbocycles. The molecule has 0 spiro atoms. The van der Waals surface area contributed by atoms with E-state index >= 15 is 0 Å². The second-order valence-corrected chi connectivity index (χ2v) is 21.4. The topological polar surface area (TPSA) is 82.1 Å². The summed E-state index contributed by atoms with van der Waals surface area (Å²) < 4.78 is 18.1. The molecule has 1 N–H and O–H groups in total. The minimum Gasteiger partial charge on any atom is -0.478 e. The van der Waals surface area contributed by atoms with Crippen molar-refractivity contribution in [3.63, 3.8) is 0 Å². The Morgan fingerprint density at radius 1 is 0.962 bits per heavy atom. The maximum atomic E-state index is 11.5. The number of carbonyl (C=O) groups excluding carboxylic acids is 1. The lowest BCUT2D eigenvalue weighted by atomic mass is 10.1. The second-order valence-electron chi connectivity index (χ2n) is 8.80. The molecular formula is C17H36O6Si3. The van der Waals surface area contributed by atoms with Crippen LogP contribution in [0.1, 0.15) is 20.3 Å². The fourth-order valence-electron chi connectivity index (χ4n) is 3.42. The monoisotopic (exact) mass is 420 g/mol. The zero-order valence-corrected chi connectivity index (χ0v) is 20.7. The Morgan fingerprint density at radius 3 is 1.92 bits per heavy atom. The Kier molecular flexibility index (Phi) is 9.69. The van der Waals surface area contributed by atoms with E-state index in [1.807, 2.05) is 0 Å². The van der Waals surface area contributed by atoms with Crippen LogP contribution in [-0.2, 0) is 22.6 Å². The van der Waals surface area contributed by atoms with Crippen LogP contribution < -0.4 is 0 Å². The van der Waals surface area contributed by atoms with Gasteiger partial charge in [0.05, 0.1) is 6.61 Å². The summed E-state index contributed by atoms with van der Waals surface area (Å²) in [5.41, 5.74) is 0.302. The van der Waals surface area contributed by atoms with Crippen LogP contribution in [-0.4, -0.2) is 48.8 Å². The lowest BCUT2D eigenvalue weighted by Crippen LogP contribution is -2.53. The highest BCUT2D eigenvalue weighted by Crippen LogP contribution is 2.36. The van der Waals surface area contributed by atoms with Crippen molar-refractivity contribution >= 4 is 37.1 Å². The minimum atomic E-state index is -2.23. The van der Waals surface area contributed by atoms with Crippen molar-refractivity contribution in [3.8, 4) is 0 Å². The van der Waals surface area contributed by atoms with E-state index in [4.69, 9.17) is 18.1 Å². The number of aliphatic carboxylic acids is 1. The Hall–Kier alpha value is -0.749. The van der Waals surface area contributed by atoms with Gasteiger partial charge in [-0.2, -0.15) is 0 Å². The second kappa shape index (κ2) is 9.98. The summed E-state index contributed by atoms with van der Waals surface area (Å²) in [6.45, 7) is 19.7. The summed E-state index contributed by atoms with van der Waals surface area (Å²) in [4.78, 5) is 22.0. The van der Waals surface area contributed by atoms with Gasteiger partial charge in [0.25, 0.3) is 0 Å². The largest absolute Gasteiger partial charge is 0.478 e. The van der Waals surface area contributed by atoms with Crippen LogP contribution >= 0.6 is 0 Å². The zero-order valence-electron chi connectivity index (χ0n) is 17.7. The van der Waals surface area contributed by atoms with Gasteiger partial charge in [-0.3, -0.25) is 0 Å². The molecule has 0 aliphatic heterocycles. The molecule has 0 aromatic heterocycles. The Labute approximate surface area is 161 Å². The number of carbonyl (C=O) groups is 2. The molecule has 6 nitrogen and oxygen atoms in total. The summed E-state index contributed by atoms with van der Waals surface area (Å²) in [6, 6.07) is 0. The van der Waals surface area contributed by atoms with E-state index in [0.717, 1.165) is 12.2 Å². The standard InChI is InChI=1S/C17H36O6Si3/c1-14(2)15(12-13-21-17(20)11-10-16(18)19)25(6,7)23-26(8,9)22-24(3,4)5/h10-11,14-15H,12-13H2,1-9H3,(H,18,19)/b11-10+. The van der Waals surface area contributed by atoms with Crippen LogP contribution in [0.2, 0.25) is 51.4 Å². The zero-order chi connectivity index (χ0) is 20.8. The van der Waals surface area contributed by atoms with Crippen molar-refractivity contribution in [1.29, 1.82) is 0 Å². The molecular weight excluding hydrogens is 384 g/mol. The van der Waals surface area contributed by atoms with Crippen LogP contribution in [0.3, 0.4) is 0 Å². The molecule has 0 aromatic rings. The molecule has 0 heterocycles. The molecule has 0 radical (unpaired) electrons. The van der Waals surface area contributed by atoms with E-state index in [9.17, 15) is 9.59 Å². The van der Waals surface area contributed by atoms with E-state index in [1.54, 1.807) is 0 Å². The highest BCUT2D eigenvalue weighted by molar-refractivity contribution is 6.88. The number of carboxylic acids is 1. The molecule has 0 amide bonds. The summed E-state index contributed by atoms with van der Waals surface area (Å²) in [5, 5.41) is 8.53. The molecule has 152 valence electrons. The van der Waals surface area contributed by atoms with Crippen molar-refractivity contribution in [2.24, 2.45) is 5.92 Å². The number of hydrogen-bond acceptors (Lipinski definition) is 5. The van der Waals surface area contributed by atoms with Gasteiger partial charge in [0.2, 0.25) is 0 Å².